The minimum Gasteiger partial charge on any atom is -0.351 e. The van der Waals surface area contributed by atoms with Gasteiger partial charge in [-0.2, -0.15) is 0 Å². The second kappa shape index (κ2) is 6.72. The maximum atomic E-state index is 13.0. The lowest BCUT2D eigenvalue weighted by molar-refractivity contribution is 0.0949. The molecule has 0 fully saturated rings. The van der Waals surface area contributed by atoms with Crippen LogP contribution in [0, 0.1) is 13.8 Å². The average molecular weight is 363 g/mol. The van der Waals surface area contributed by atoms with E-state index in [4.69, 9.17) is 9.51 Å². The molecule has 0 N–H and O–H groups in total. The fourth-order valence-electron chi connectivity index (χ4n) is 2.81. The van der Waals surface area contributed by atoms with E-state index in [1.54, 1.807) is 11.0 Å². The van der Waals surface area contributed by atoms with Crippen molar-refractivity contribution < 1.29 is 9.32 Å². The summed E-state index contributed by atoms with van der Waals surface area (Å²) in [5.41, 5.74) is 4.21. The smallest absolute Gasteiger partial charge is 0.298 e. The van der Waals surface area contributed by atoms with Crippen LogP contribution in [0.15, 0.2) is 59.3 Å². The number of carbonyl (C=O) groups excluding carboxylic acids is 1. The number of thiazole rings is 1. The number of anilines is 1. The van der Waals surface area contributed by atoms with Crippen LogP contribution in [0.3, 0.4) is 0 Å². The molecular formula is C20H17N3O2S. The summed E-state index contributed by atoms with van der Waals surface area (Å²) in [6.45, 7) is 4.51. The third kappa shape index (κ3) is 2.99. The van der Waals surface area contributed by atoms with Crippen molar-refractivity contribution in [3.05, 3.63) is 77.2 Å². The lowest BCUT2D eigenvalue weighted by Crippen LogP contribution is -2.30. The van der Waals surface area contributed by atoms with Crippen LogP contribution in [0.25, 0.3) is 10.2 Å². The number of amides is 1. The van der Waals surface area contributed by atoms with Crippen molar-refractivity contribution in [3.8, 4) is 0 Å². The number of carbonyl (C=O) groups is 1. The molecule has 4 rings (SSSR count). The van der Waals surface area contributed by atoms with E-state index in [2.05, 4.69) is 24.2 Å². The minimum atomic E-state index is -0.249. The Kier molecular flexibility index (Phi) is 4.26. The molecule has 0 aliphatic heterocycles. The van der Waals surface area contributed by atoms with Crippen molar-refractivity contribution in [3.63, 3.8) is 0 Å². The first kappa shape index (κ1) is 16.5. The Balaban J connectivity index is 1.81. The summed E-state index contributed by atoms with van der Waals surface area (Å²) in [6, 6.07) is 15.6. The zero-order valence-corrected chi connectivity index (χ0v) is 15.3. The molecule has 2 aromatic heterocycles. The van der Waals surface area contributed by atoms with Crippen molar-refractivity contribution in [2.45, 2.75) is 20.4 Å². The Labute approximate surface area is 154 Å². The van der Waals surface area contributed by atoms with E-state index in [9.17, 15) is 4.79 Å². The van der Waals surface area contributed by atoms with E-state index in [1.165, 1.54) is 17.5 Å². The van der Waals surface area contributed by atoms with Gasteiger partial charge in [-0.15, -0.1) is 0 Å². The van der Waals surface area contributed by atoms with Gasteiger partial charge < -0.3 is 4.52 Å². The molecule has 0 unspecified atom stereocenters. The second-order valence-electron chi connectivity index (χ2n) is 6.13. The Morgan fingerprint density at radius 1 is 1.08 bits per heavy atom. The van der Waals surface area contributed by atoms with Crippen LogP contribution in [0.4, 0.5) is 5.13 Å². The van der Waals surface area contributed by atoms with Gasteiger partial charge in [0.25, 0.3) is 5.91 Å². The Morgan fingerprint density at radius 2 is 1.85 bits per heavy atom. The summed E-state index contributed by atoms with van der Waals surface area (Å²) in [7, 11) is 0. The first-order chi connectivity index (χ1) is 12.6. The quantitative estimate of drug-likeness (QED) is 0.525. The Bertz CT molecular complexity index is 1020. The van der Waals surface area contributed by atoms with Crippen molar-refractivity contribution in [1.82, 2.24) is 10.1 Å². The highest BCUT2D eigenvalue weighted by Crippen LogP contribution is 2.34. The maximum absolute atomic E-state index is 13.0. The minimum absolute atomic E-state index is 0.202. The topological polar surface area (TPSA) is 59.2 Å². The number of benzene rings is 2. The molecule has 2 aromatic carbocycles. The number of hydrogen-bond acceptors (Lipinski definition) is 5. The first-order valence-corrected chi connectivity index (χ1v) is 9.08. The highest BCUT2D eigenvalue weighted by Gasteiger charge is 2.24. The molecule has 1 amide bonds. The van der Waals surface area contributed by atoms with Gasteiger partial charge in [0, 0.05) is 6.07 Å². The molecule has 0 aliphatic rings. The summed E-state index contributed by atoms with van der Waals surface area (Å²) in [5, 5.41) is 4.31. The molecule has 0 radical (unpaired) electrons. The van der Waals surface area contributed by atoms with E-state index in [0.717, 1.165) is 26.9 Å². The van der Waals surface area contributed by atoms with E-state index in [1.807, 2.05) is 37.3 Å². The number of nitrogens with zero attached hydrogens (tertiary/aromatic N) is 3. The first-order valence-electron chi connectivity index (χ1n) is 8.26. The highest BCUT2D eigenvalue weighted by atomic mass is 32.1. The monoisotopic (exact) mass is 363 g/mol. The predicted octanol–water partition coefficient (Wildman–Crippen LogP) is 4.75. The zero-order chi connectivity index (χ0) is 18.1. The Hall–Kier alpha value is -2.99. The molecular weight excluding hydrogens is 346 g/mol. The van der Waals surface area contributed by atoms with E-state index < -0.39 is 0 Å². The molecule has 0 spiro atoms. The van der Waals surface area contributed by atoms with Crippen LogP contribution in [0.2, 0.25) is 0 Å². The van der Waals surface area contributed by atoms with Gasteiger partial charge in [-0.3, -0.25) is 9.69 Å². The molecule has 0 bridgehead atoms. The summed E-state index contributed by atoms with van der Waals surface area (Å²) in [6.07, 6.45) is 1.47. The second-order valence-corrected chi connectivity index (χ2v) is 7.10. The van der Waals surface area contributed by atoms with Crippen molar-refractivity contribution in [2.75, 3.05) is 4.90 Å². The number of aryl methyl sites for hydroxylation is 2. The molecule has 0 saturated heterocycles. The molecule has 26 heavy (non-hydrogen) atoms. The largest absolute Gasteiger partial charge is 0.351 e. The van der Waals surface area contributed by atoms with Gasteiger partial charge in [-0.25, -0.2) is 4.98 Å². The average Bonchev–Trinajstić information content (AvgIpc) is 3.33. The lowest BCUT2D eigenvalue weighted by Gasteiger charge is -2.18. The normalized spacial score (nSPS) is 11.0. The van der Waals surface area contributed by atoms with Crippen molar-refractivity contribution >= 4 is 32.6 Å². The predicted molar refractivity (Wildman–Crippen MR) is 103 cm³/mol. The van der Waals surface area contributed by atoms with Gasteiger partial charge in [-0.05, 0) is 30.5 Å². The number of rotatable bonds is 4. The maximum Gasteiger partial charge on any atom is 0.298 e. The molecule has 0 saturated carbocycles. The molecule has 2 heterocycles. The number of hydrogen-bond donors (Lipinski definition) is 0. The summed E-state index contributed by atoms with van der Waals surface area (Å²) < 4.78 is 6.19. The van der Waals surface area contributed by atoms with Gasteiger partial charge in [0.05, 0.1) is 23.0 Å². The van der Waals surface area contributed by atoms with Crippen LogP contribution in [-0.4, -0.2) is 16.0 Å². The summed E-state index contributed by atoms with van der Waals surface area (Å²) in [5.74, 6) is -0.0469. The van der Waals surface area contributed by atoms with Crippen LogP contribution < -0.4 is 4.90 Å². The molecule has 130 valence electrons. The molecule has 4 aromatic rings. The van der Waals surface area contributed by atoms with Crippen LogP contribution in [0.5, 0.6) is 0 Å². The lowest BCUT2D eigenvalue weighted by atomic mass is 10.1. The fraction of sp³-hybridized carbons (Fsp3) is 0.150. The Morgan fingerprint density at radius 3 is 2.54 bits per heavy atom. The zero-order valence-electron chi connectivity index (χ0n) is 14.5. The summed E-state index contributed by atoms with van der Waals surface area (Å²) >= 11 is 1.52. The van der Waals surface area contributed by atoms with E-state index in [-0.39, 0.29) is 11.7 Å². The molecule has 0 atom stereocenters. The van der Waals surface area contributed by atoms with Crippen molar-refractivity contribution in [2.24, 2.45) is 0 Å². The molecule has 0 aliphatic carbocycles. The molecule has 6 heteroatoms. The van der Waals surface area contributed by atoms with Crippen molar-refractivity contribution in [1.29, 1.82) is 0 Å². The number of aromatic nitrogens is 2. The van der Waals surface area contributed by atoms with E-state index in [0.29, 0.717) is 11.7 Å². The standard InChI is InChI=1S/C20H17N3O2S/c1-13-8-9-14(2)18-17(13)22-20(26-18)23(12-15-6-4-3-5-7-15)19(24)16-10-11-21-25-16/h3-11H,12H2,1-2H3. The third-order valence-corrected chi connectivity index (χ3v) is 5.45. The SMILES string of the molecule is Cc1ccc(C)c2sc(N(Cc3ccccc3)C(=O)c3ccno3)nc12. The van der Waals surface area contributed by atoms with Crippen LogP contribution >= 0.6 is 11.3 Å². The van der Waals surface area contributed by atoms with Gasteiger partial charge in [0.2, 0.25) is 5.76 Å². The van der Waals surface area contributed by atoms with Gasteiger partial charge in [0.15, 0.2) is 5.13 Å². The highest BCUT2D eigenvalue weighted by molar-refractivity contribution is 7.22. The van der Waals surface area contributed by atoms with Gasteiger partial charge in [-0.1, -0.05) is 59.0 Å². The van der Waals surface area contributed by atoms with E-state index >= 15 is 0 Å². The fourth-order valence-corrected chi connectivity index (χ4v) is 3.92. The van der Waals surface area contributed by atoms with Gasteiger partial charge in [0.1, 0.15) is 0 Å². The molecule has 5 nitrogen and oxygen atoms in total. The number of fused-ring (bicyclic) bond motifs is 1. The van der Waals surface area contributed by atoms with Crippen LogP contribution in [0.1, 0.15) is 27.2 Å². The third-order valence-electron chi connectivity index (χ3n) is 4.24. The van der Waals surface area contributed by atoms with Crippen LogP contribution in [-0.2, 0) is 6.54 Å². The van der Waals surface area contributed by atoms with Gasteiger partial charge >= 0.3 is 0 Å². The summed E-state index contributed by atoms with van der Waals surface area (Å²) in [4.78, 5) is 19.4.